The highest BCUT2D eigenvalue weighted by Crippen LogP contribution is 2.35. The Kier molecular flexibility index (Phi) is 2.79. The van der Waals surface area contributed by atoms with Gasteiger partial charge in [-0.05, 0) is 57.2 Å². The van der Waals surface area contributed by atoms with Crippen molar-refractivity contribution in [2.45, 2.75) is 51.0 Å². The van der Waals surface area contributed by atoms with Crippen molar-refractivity contribution in [1.29, 1.82) is 0 Å². The number of pyridine rings is 1. The van der Waals surface area contributed by atoms with Gasteiger partial charge in [-0.25, -0.2) is 0 Å². The number of rotatable bonds is 1. The van der Waals surface area contributed by atoms with Crippen LogP contribution in [0.1, 0.15) is 49.8 Å². The van der Waals surface area contributed by atoms with Gasteiger partial charge in [-0.3, -0.25) is 4.98 Å². The molecule has 1 aliphatic rings. The van der Waals surface area contributed by atoms with Crippen molar-refractivity contribution in [2.24, 2.45) is 5.73 Å². The molecule has 0 spiro atoms. The molecule has 82 valence electrons. The molecule has 0 saturated heterocycles. The largest absolute Gasteiger partial charge is 0.325 e. The summed E-state index contributed by atoms with van der Waals surface area (Å²) in [6.07, 6.45) is 6.52. The number of hydrogen-bond acceptors (Lipinski definition) is 2. The standard InChI is InChI=1S/C13H20N2/c1-10-5-8-15-12(9-10)11-3-6-13(2,14)7-4-11/h5,8-9,11H,3-4,6-7,14H2,1-2H3. The lowest BCUT2D eigenvalue weighted by Crippen LogP contribution is -2.39. The van der Waals surface area contributed by atoms with Gasteiger partial charge in [-0.15, -0.1) is 0 Å². The predicted octanol–water partition coefficient (Wildman–Crippen LogP) is 2.77. The van der Waals surface area contributed by atoms with E-state index in [1.807, 2.05) is 6.20 Å². The zero-order valence-electron chi connectivity index (χ0n) is 9.66. The van der Waals surface area contributed by atoms with Gasteiger partial charge in [0.05, 0.1) is 0 Å². The second kappa shape index (κ2) is 3.93. The van der Waals surface area contributed by atoms with Gasteiger partial charge >= 0.3 is 0 Å². The summed E-state index contributed by atoms with van der Waals surface area (Å²) in [6.45, 7) is 4.29. The third-order valence-corrected chi connectivity index (χ3v) is 3.48. The molecule has 1 fully saturated rings. The fraction of sp³-hybridized carbons (Fsp3) is 0.615. The molecule has 1 saturated carbocycles. The molecule has 1 aromatic rings. The van der Waals surface area contributed by atoms with E-state index in [4.69, 9.17) is 5.73 Å². The van der Waals surface area contributed by atoms with Crippen LogP contribution in [0.15, 0.2) is 18.3 Å². The summed E-state index contributed by atoms with van der Waals surface area (Å²) in [6, 6.07) is 4.27. The Balaban J connectivity index is 2.08. The monoisotopic (exact) mass is 204 g/mol. The zero-order valence-corrected chi connectivity index (χ0v) is 9.66. The first kappa shape index (κ1) is 10.6. The van der Waals surface area contributed by atoms with Gasteiger partial charge < -0.3 is 5.73 Å². The van der Waals surface area contributed by atoms with Crippen LogP contribution < -0.4 is 5.73 Å². The molecule has 1 aromatic heterocycles. The maximum absolute atomic E-state index is 6.13. The van der Waals surface area contributed by atoms with E-state index in [1.165, 1.54) is 24.1 Å². The fourth-order valence-corrected chi connectivity index (χ4v) is 2.36. The Bertz CT molecular complexity index is 334. The van der Waals surface area contributed by atoms with Gasteiger partial charge in [0.25, 0.3) is 0 Å². The van der Waals surface area contributed by atoms with E-state index < -0.39 is 0 Å². The van der Waals surface area contributed by atoms with Crippen molar-refractivity contribution in [3.63, 3.8) is 0 Å². The third kappa shape index (κ3) is 2.57. The molecule has 0 aromatic carbocycles. The molecule has 0 amide bonds. The van der Waals surface area contributed by atoms with E-state index in [-0.39, 0.29) is 5.54 Å². The molecule has 0 aliphatic heterocycles. The van der Waals surface area contributed by atoms with E-state index >= 15 is 0 Å². The molecule has 15 heavy (non-hydrogen) atoms. The quantitative estimate of drug-likeness (QED) is 0.764. The molecular weight excluding hydrogens is 184 g/mol. The Morgan fingerprint density at radius 1 is 1.40 bits per heavy atom. The van der Waals surface area contributed by atoms with Crippen LogP contribution in [-0.4, -0.2) is 10.5 Å². The molecule has 1 aliphatic carbocycles. The van der Waals surface area contributed by atoms with Crippen LogP contribution >= 0.6 is 0 Å². The minimum absolute atomic E-state index is 0.0559. The van der Waals surface area contributed by atoms with Crippen LogP contribution in [0.5, 0.6) is 0 Å². The number of aryl methyl sites for hydroxylation is 1. The summed E-state index contributed by atoms with van der Waals surface area (Å²) < 4.78 is 0. The van der Waals surface area contributed by atoms with Crippen LogP contribution in [0, 0.1) is 6.92 Å². The van der Waals surface area contributed by atoms with Crippen molar-refractivity contribution >= 4 is 0 Å². The lowest BCUT2D eigenvalue weighted by Gasteiger charge is -2.33. The highest BCUT2D eigenvalue weighted by Gasteiger charge is 2.28. The lowest BCUT2D eigenvalue weighted by atomic mass is 9.77. The first-order chi connectivity index (χ1) is 7.07. The van der Waals surface area contributed by atoms with E-state index in [2.05, 4.69) is 31.0 Å². The molecule has 0 bridgehead atoms. The maximum Gasteiger partial charge on any atom is 0.0437 e. The number of hydrogen-bond donors (Lipinski definition) is 1. The van der Waals surface area contributed by atoms with Crippen LogP contribution in [0.2, 0.25) is 0 Å². The minimum Gasteiger partial charge on any atom is -0.325 e. The van der Waals surface area contributed by atoms with Crippen LogP contribution in [0.3, 0.4) is 0 Å². The van der Waals surface area contributed by atoms with Gasteiger partial charge in [-0.2, -0.15) is 0 Å². The summed E-state index contributed by atoms with van der Waals surface area (Å²) in [5.74, 6) is 0.626. The van der Waals surface area contributed by atoms with Crippen LogP contribution in [-0.2, 0) is 0 Å². The fourth-order valence-electron chi connectivity index (χ4n) is 2.36. The number of nitrogens with zero attached hydrogens (tertiary/aromatic N) is 1. The van der Waals surface area contributed by atoms with Crippen molar-refractivity contribution < 1.29 is 0 Å². The summed E-state index contributed by atoms with van der Waals surface area (Å²) in [4.78, 5) is 4.47. The van der Waals surface area contributed by atoms with Crippen molar-refractivity contribution in [2.75, 3.05) is 0 Å². The van der Waals surface area contributed by atoms with Crippen LogP contribution in [0.25, 0.3) is 0 Å². The Labute approximate surface area is 91.9 Å². The van der Waals surface area contributed by atoms with Crippen LogP contribution in [0.4, 0.5) is 0 Å². The Hall–Kier alpha value is -0.890. The van der Waals surface area contributed by atoms with Crippen molar-refractivity contribution in [3.05, 3.63) is 29.6 Å². The first-order valence-electron chi connectivity index (χ1n) is 5.78. The van der Waals surface area contributed by atoms with Gasteiger partial charge in [0.2, 0.25) is 0 Å². The second-order valence-electron chi connectivity index (χ2n) is 5.19. The van der Waals surface area contributed by atoms with E-state index in [9.17, 15) is 0 Å². The molecule has 0 unspecified atom stereocenters. The number of aromatic nitrogens is 1. The topological polar surface area (TPSA) is 38.9 Å². The number of nitrogens with two attached hydrogens (primary N) is 1. The average molecular weight is 204 g/mol. The SMILES string of the molecule is Cc1ccnc(C2CCC(C)(N)CC2)c1. The molecule has 2 heteroatoms. The Morgan fingerprint density at radius 2 is 2.07 bits per heavy atom. The summed E-state index contributed by atoms with van der Waals surface area (Å²) in [7, 11) is 0. The zero-order chi connectivity index (χ0) is 10.9. The average Bonchev–Trinajstić information content (AvgIpc) is 2.17. The van der Waals surface area contributed by atoms with E-state index in [1.54, 1.807) is 0 Å². The molecule has 2 nitrogen and oxygen atoms in total. The summed E-state index contributed by atoms with van der Waals surface area (Å²) >= 11 is 0. The molecule has 0 radical (unpaired) electrons. The van der Waals surface area contributed by atoms with Gasteiger partial charge in [0.15, 0.2) is 0 Å². The van der Waals surface area contributed by atoms with Gasteiger partial charge in [-0.1, -0.05) is 0 Å². The summed E-state index contributed by atoms with van der Waals surface area (Å²) in [5, 5.41) is 0. The van der Waals surface area contributed by atoms with Crippen molar-refractivity contribution in [1.82, 2.24) is 4.98 Å². The molecule has 1 heterocycles. The molecule has 2 N–H and O–H groups in total. The van der Waals surface area contributed by atoms with Gasteiger partial charge in [0, 0.05) is 23.3 Å². The molecule has 0 atom stereocenters. The second-order valence-corrected chi connectivity index (χ2v) is 5.19. The lowest BCUT2D eigenvalue weighted by molar-refractivity contribution is 0.292. The predicted molar refractivity (Wildman–Crippen MR) is 62.8 cm³/mol. The minimum atomic E-state index is 0.0559. The first-order valence-corrected chi connectivity index (χ1v) is 5.78. The molecule has 2 rings (SSSR count). The maximum atomic E-state index is 6.13. The highest BCUT2D eigenvalue weighted by molar-refractivity contribution is 5.18. The van der Waals surface area contributed by atoms with E-state index in [0.717, 1.165) is 12.8 Å². The Morgan fingerprint density at radius 3 is 2.67 bits per heavy atom. The highest BCUT2D eigenvalue weighted by atomic mass is 14.7. The summed E-state index contributed by atoms with van der Waals surface area (Å²) in [5.41, 5.74) is 8.75. The normalized spacial score (nSPS) is 31.5. The van der Waals surface area contributed by atoms with E-state index in [0.29, 0.717) is 5.92 Å². The van der Waals surface area contributed by atoms with Gasteiger partial charge in [0.1, 0.15) is 0 Å². The third-order valence-electron chi connectivity index (χ3n) is 3.48. The smallest absolute Gasteiger partial charge is 0.0437 e. The molecular formula is C13H20N2. The van der Waals surface area contributed by atoms with Crippen molar-refractivity contribution in [3.8, 4) is 0 Å².